The van der Waals surface area contributed by atoms with Gasteiger partial charge in [-0.25, -0.2) is 9.78 Å². The van der Waals surface area contributed by atoms with Gasteiger partial charge in [0.25, 0.3) is 0 Å². The first-order valence-electron chi connectivity index (χ1n) is 10.2. The Morgan fingerprint density at radius 3 is 2.70 bits per heavy atom. The van der Waals surface area contributed by atoms with Crippen molar-refractivity contribution in [3.8, 4) is 0 Å². The summed E-state index contributed by atoms with van der Waals surface area (Å²) in [5.74, 6) is 1.44. The third-order valence-corrected chi connectivity index (χ3v) is 7.01. The maximum absolute atomic E-state index is 12.0. The first-order chi connectivity index (χ1) is 13.0. The Morgan fingerprint density at radius 1 is 1.41 bits per heavy atom. The molecular weight excluding hydrogens is 360 g/mol. The molecule has 150 valence electrons. The van der Waals surface area contributed by atoms with E-state index in [0.29, 0.717) is 16.9 Å². The molecule has 27 heavy (non-hydrogen) atoms. The number of esters is 1. The molecule has 0 amide bonds. The number of thiazole rings is 1. The number of aryl methyl sites for hydroxylation is 1. The molecule has 2 N–H and O–H groups in total. The molecule has 1 atom stereocenters. The number of ether oxygens (including phenoxy) is 1. The number of carbonyl (C=O) groups is 1. The number of carbonyl (C=O) groups excluding carboxylic acids is 1. The standard InChI is InChI=1S/C20H32N4O2S/c1-5-21-19(22-12-20(10-7-11-20)15-8-9-15)24-14(4)17-23-13(3)16(27-17)18(25)26-6-2/h14-15H,5-12H2,1-4H3,(H2,21,22,24). The molecule has 0 radical (unpaired) electrons. The molecule has 0 aromatic carbocycles. The van der Waals surface area contributed by atoms with Gasteiger partial charge in [-0.3, -0.25) is 4.99 Å². The topological polar surface area (TPSA) is 75.6 Å². The number of aromatic nitrogens is 1. The third kappa shape index (κ3) is 4.62. The molecule has 1 heterocycles. The van der Waals surface area contributed by atoms with Crippen molar-refractivity contribution < 1.29 is 9.53 Å². The summed E-state index contributed by atoms with van der Waals surface area (Å²) in [6.45, 7) is 9.90. The second-order valence-corrected chi connectivity index (χ2v) is 8.77. The van der Waals surface area contributed by atoms with Crippen molar-refractivity contribution in [3.05, 3.63) is 15.6 Å². The predicted molar refractivity (Wildman–Crippen MR) is 109 cm³/mol. The van der Waals surface area contributed by atoms with Gasteiger partial charge in [-0.15, -0.1) is 11.3 Å². The fourth-order valence-electron chi connectivity index (χ4n) is 3.83. The number of nitrogens with zero attached hydrogens (tertiary/aromatic N) is 2. The molecular formula is C20H32N4O2S. The number of nitrogens with one attached hydrogen (secondary N) is 2. The summed E-state index contributed by atoms with van der Waals surface area (Å²) in [6.07, 6.45) is 6.76. The first-order valence-corrected chi connectivity index (χ1v) is 11.0. The zero-order chi connectivity index (χ0) is 19.4. The predicted octanol–water partition coefficient (Wildman–Crippen LogP) is 3.82. The molecule has 0 saturated heterocycles. The Morgan fingerprint density at radius 2 is 2.15 bits per heavy atom. The third-order valence-electron chi connectivity index (χ3n) is 5.69. The van der Waals surface area contributed by atoms with Gasteiger partial charge in [0, 0.05) is 13.1 Å². The average Bonchev–Trinajstić information content (AvgIpc) is 3.36. The van der Waals surface area contributed by atoms with Crippen LogP contribution in [0.25, 0.3) is 0 Å². The van der Waals surface area contributed by atoms with Crippen molar-refractivity contribution in [1.29, 1.82) is 0 Å². The van der Waals surface area contributed by atoms with Gasteiger partial charge in [0.1, 0.15) is 9.88 Å². The molecule has 0 spiro atoms. The van der Waals surface area contributed by atoms with Gasteiger partial charge in [0.05, 0.1) is 18.3 Å². The van der Waals surface area contributed by atoms with Crippen LogP contribution in [0.2, 0.25) is 0 Å². The van der Waals surface area contributed by atoms with Crippen LogP contribution in [0.1, 0.15) is 79.3 Å². The van der Waals surface area contributed by atoms with Gasteiger partial charge in [-0.05, 0) is 64.7 Å². The van der Waals surface area contributed by atoms with E-state index < -0.39 is 0 Å². The minimum atomic E-state index is -0.289. The van der Waals surface area contributed by atoms with E-state index in [0.717, 1.165) is 35.7 Å². The highest BCUT2D eigenvalue weighted by atomic mass is 32.1. The van der Waals surface area contributed by atoms with Crippen LogP contribution in [0.3, 0.4) is 0 Å². The van der Waals surface area contributed by atoms with Gasteiger partial charge in [-0.2, -0.15) is 0 Å². The van der Waals surface area contributed by atoms with Crippen LogP contribution in [-0.4, -0.2) is 36.6 Å². The van der Waals surface area contributed by atoms with E-state index in [4.69, 9.17) is 9.73 Å². The fraction of sp³-hybridized carbons (Fsp3) is 0.750. The smallest absolute Gasteiger partial charge is 0.350 e. The van der Waals surface area contributed by atoms with Gasteiger partial charge in [0.2, 0.25) is 0 Å². The zero-order valence-electron chi connectivity index (χ0n) is 16.9. The maximum Gasteiger partial charge on any atom is 0.350 e. The fourth-order valence-corrected chi connectivity index (χ4v) is 4.80. The Labute approximate surface area is 166 Å². The van der Waals surface area contributed by atoms with Gasteiger partial charge < -0.3 is 15.4 Å². The lowest BCUT2D eigenvalue weighted by Gasteiger charge is -2.41. The molecule has 1 aromatic heterocycles. The second-order valence-electron chi connectivity index (χ2n) is 7.74. The molecule has 1 unspecified atom stereocenters. The Hall–Kier alpha value is -1.63. The van der Waals surface area contributed by atoms with E-state index >= 15 is 0 Å². The van der Waals surface area contributed by atoms with E-state index in [1.165, 1.54) is 43.4 Å². The molecule has 0 aliphatic heterocycles. The molecule has 2 fully saturated rings. The summed E-state index contributed by atoms with van der Waals surface area (Å²) in [5, 5.41) is 7.69. The molecule has 2 saturated carbocycles. The van der Waals surface area contributed by atoms with Crippen molar-refractivity contribution in [2.75, 3.05) is 19.7 Å². The Balaban J connectivity index is 1.66. The van der Waals surface area contributed by atoms with Crippen LogP contribution < -0.4 is 10.6 Å². The normalized spacial score (nSPS) is 19.9. The highest BCUT2D eigenvalue weighted by Gasteiger charge is 2.48. The number of rotatable bonds is 8. The van der Waals surface area contributed by atoms with Gasteiger partial charge in [0.15, 0.2) is 5.96 Å². The first kappa shape index (κ1) is 20.1. The monoisotopic (exact) mass is 392 g/mol. The summed E-state index contributed by atoms with van der Waals surface area (Å²) >= 11 is 1.40. The van der Waals surface area contributed by atoms with Crippen molar-refractivity contribution in [2.24, 2.45) is 16.3 Å². The molecule has 2 aliphatic carbocycles. The summed E-state index contributed by atoms with van der Waals surface area (Å²) in [5.41, 5.74) is 1.19. The maximum atomic E-state index is 12.0. The Bertz CT molecular complexity index is 692. The number of hydrogen-bond acceptors (Lipinski definition) is 5. The summed E-state index contributed by atoms with van der Waals surface area (Å²) in [6, 6.07) is -0.0204. The summed E-state index contributed by atoms with van der Waals surface area (Å²) in [7, 11) is 0. The molecule has 0 bridgehead atoms. The van der Waals surface area contributed by atoms with Crippen LogP contribution in [0.15, 0.2) is 4.99 Å². The molecule has 1 aromatic rings. The quantitative estimate of drug-likeness (QED) is 0.399. The van der Waals surface area contributed by atoms with Crippen molar-refractivity contribution in [3.63, 3.8) is 0 Å². The summed E-state index contributed by atoms with van der Waals surface area (Å²) in [4.78, 5) is 22.1. The van der Waals surface area contributed by atoms with Crippen LogP contribution in [0.5, 0.6) is 0 Å². The van der Waals surface area contributed by atoms with Gasteiger partial charge in [-0.1, -0.05) is 6.42 Å². The highest BCUT2D eigenvalue weighted by Crippen LogP contribution is 2.57. The average molecular weight is 393 g/mol. The number of guanidine groups is 1. The van der Waals surface area contributed by atoms with Crippen LogP contribution in [0, 0.1) is 18.3 Å². The molecule has 6 nitrogen and oxygen atoms in total. The zero-order valence-corrected chi connectivity index (χ0v) is 17.7. The van der Waals surface area contributed by atoms with E-state index in [1.54, 1.807) is 0 Å². The molecule has 3 rings (SSSR count). The lowest BCUT2D eigenvalue weighted by Crippen LogP contribution is -2.41. The van der Waals surface area contributed by atoms with E-state index in [1.807, 2.05) is 13.8 Å². The summed E-state index contributed by atoms with van der Waals surface area (Å²) < 4.78 is 5.12. The van der Waals surface area contributed by atoms with Crippen LogP contribution in [-0.2, 0) is 4.74 Å². The molecule has 2 aliphatic rings. The lowest BCUT2D eigenvalue weighted by molar-refractivity contribution is 0.0531. The number of aliphatic imine (C=N–C) groups is 1. The lowest BCUT2D eigenvalue weighted by atomic mass is 9.65. The van der Waals surface area contributed by atoms with E-state index in [9.17, 15) is 4.79 Å². The Kier molecular flexibility index (Phi) is 6.40. The second kappa shape index (κ2) is 8.59. The largest absolute Gasteiger partial charge is 0.462 e. The van der Waals surface area contributed by atoms with E-state index in [2.05, 4.69) is 29.5 Å². The van der Waals surface area contributed by atoms with E-state index in [-0.39, 0.29) is 12.0 Å². The number of hydrogen-bond donors (Lipinski definition) is 2. The van der Waals surface area contributed by atoms with Crippen molar-refractivity contribution >= 4 is 23.3 Å². The minimum absolute atomic E-state index is 0.0204. The molecule has 7 heteroatoms. The minimum Gasteiger partial charge on any atom is -0.462 e. The van der Waals surface area contributed by atoms with Crippen LogP contribution in [0.4, 0.5) is 0 Å². The SMILES string of the molecule is CCNC(=NCC1(C2CC2)CCC1)NC(C)c1nc(C)c(C(=O)OCC)s1. The highest BCUT2D eigenvalue weighted by molar-refractivity contribution is 7.13. The van der Waals surface area contributed by atoms with Crippen molar-refractivity contribution in [2.45, 2.75) is 65.8 Å². The van der Waals surface area contributed by atoms with Crippen molar-refractivity contribution in [1.82, 2.24) is 15.6 Å². The van der Waals surface area contributed by atoms with Crippen LogP contribution >= 0.6 is 11.3 Å². The van der Waals surface area contributed by atoms with Gasteiger partial charge >= 0.3 is 5.97 Å².